The summed E-state index contributed by atoms with van der Waals surface area (Å²) in [5.74, 6) is 3.52. The Labute approximate surface area is 268 Å². The van der Waals surface area contributed by atoms with E-state index < -0.39 is 0 Å². The number of benzene rings is 1. The Balaban J connectivity index is 0.986. The van der Waals surface area contributed by atoms with Gasteiger partial charge in [-0.25, -0.2) is 10.9 Å². The van der Waals surface area contributed by atoms with Gasteiger partial charge in [0, 0.05) is 52.4 Å². The van der Waals surface area contributed by atoms with E-state index in [4.69, 9.17) is 19.4 Å². The largest absolute Gasteiger partial charge is 0.378 e. The lowest BCUT2D eigenvalue weighted by molar-refractivity contribution is 0.122. The number of morpholine rings is 2. The Bertz CT molecular complexity index is 1380. The number of nitrogens with zero attached hydrogens (tertiary/aromatic N) is 12. The summed E-state index contributed by atoms with van der Waals surface area (Å²) in [6.45, 7) is 9.45. The second-order valence-electron chi connectivity index (χ2n) is 11.5. The van der Waals surface area contributed by atoms with Crippen LogP contribution >= 0.6 is 0 Å². The molecule has 0 aliphatic carbocycles. The average Bonchev–Trinajstić information content (AvgIpc) is 3.86. The van der Waals surface area contributed by atoms with E-state index in [0.29, 0.717) is 62.1 Å². The minimum Gasteiger partial charge on any atom is -0.378 e. The molecule has 0 radical (unpaired) electrons. The maximum Gasteiger partial charge on any atom is 0.250 e. The number of aromatic nitrogens is 6. The first kappa shape index (κ1) is 30.0. The molecule has 4 aliphatic rings. The topological polar surface area (TPSA) is 158 Å². The van der Waals surface area contributed by atoms with Crippen LogP contribution in [0.15, 0.2) is 34.5 Å². The summed E-state index contributed by atoms with van der Waals surface area (Å²) >= 11 is 0. The van der Waals surface area contributed by atoms with Gasteiger partial charge in [0.1, 0.15) is 0 Å². The first-order valence-corrected chi connectivity index (χ1v) is 16.1. The highest BCUT2D eigenvalue weighted by atomic mass is 16.5. The van der Waals surface area contributed by atoms with Gasteiger partial charge < -0.3 is 29.1 Å². The maximum atomic E-state index is 5.50. The van der Waals surface area contributed by atoms with Crippen molar-refractivity contribution in [2.24, 2.45) is 10.2 Å². The summed E-state index contributed by atoms with van der Waals surface area (Å²) in [7, 11) is 0. The average molecular weight is 629 g/mol. The number of hydrogen-bond donors (Lipinski definition) is 2. The van der Waals surface area contributed by atoms with Crippen molar-refractivity contribution >= 4 is 48.1 Å². The summed E-state index contributed by atoms with van der Waals surface area (Å²) < 4.78 is 11.0. The van der Waals surface area contributed by atoms with Crippen molar-refractivity contribution in [3.63, 3.8) is 0 Å². The zero-order valence-electron chi connectivity index (χ0n) is 26.0. The summed E-state index contributed by atoms with van der Waals surface area (Å²) in [6.07, 6.45) is 8.05. The van der Waals surface area contributed by atoms with E-state index in [1.54, 1.807) is 12.4 Å². The molecule has 2 N–H and O–H groups in total. The van der Waals surface area contributed by atoms with Crippen LogP contribution in [-0.2, 0) is 9.47 Å². The lowest BCUT2D eigenvalue weighted by Gasteiger charge is -2.27. The van der Waals surface area contributed by atoms with Gasteiger partial charge >= 0.3 is 0 Å². The third-order valence-electron chi connectivity index (χ3n) is 8.28. The van der Waals surface area contributed by atoms with Crippen LogP contribution in [0, 0.1) is 0 Å². The predicted octanol–water partition coefficient (Wildman–Crippen LogP) is 1.82. The Hall–Kier alpha value is -4.70. The second-order valence-corrected chi connectivity index (χ2v) is 11.5. The van der Waals surface area contributed by atoms with Gasteiger partial charge in [-0.05, 0) is 36.8 Å². The third kappa shape index (κ3) is 7.56. The van der Waals surface area contributed by atoms with Crippen LogP contribution in [0.4, 0.5) is 35.7 Å². The molecule has 4 fully saturated rings. The fourth-order valence-electron chi connectivity index (χ4n) is 5.73. The molecule has 0 bridgehead atoms. The molecule has 3 aromatic rings. The Morgan fingerprint density at radius 2 is 0.804 bits per heavy atom. The van der Waals surface area contributed by atoms with Gasteiger partial charge in [0.05, 0.1) is 38.9 Å². The van der Waals surface area contributed by atoms with Crippen LogP contribution in [0.25, 0.3) is 0 Å². The molecule has 4 aliphatic heterocycles. The Morgan fingerprint density at radius 1 is 0.478 bits per heavy atom. The molecular formula is C30H40N14O2. The first-order valence-electron chi connectivity index (χ1n) is 16.1. The van der Waals surface area contributed by atoms with Crippen LogP contribution in [0.2, 0.25) is 0 Å². The van der Waals surface area contributed by atoms with E-state index in [9.17, 15) is 0 Å². The smallest absolute Gasteiger partial charge is 0.250 e. The highest BCUT2D eigenvalue weighted by Gasteiger charge is 2.22. The normalized spacial score (nSPS) is 19.1. The fourth-order valence-corrected chi connectivity index (χ4v) is 5.73. The molecule has 16 heteroatoms. The predicted molar refractivity (Wildman–Crippen MR) is 177 cm³/mol. The molecule has 4 saturated heterocycles. The lowest BCUT2D eigenvalue weighted by atomic mass is 10.2. The highest BCUT2D eigenvalue weighted by molar-refractivity contribution is 5.84. The third-order valence-corrected chi connectivity index (χ3v) is 8.28. The number of hydrogen-bond acceptors (Lipinski definition) is 16. The van der Waals surface area contributed by atoms with Crippen molar-refractivity contribution in [3.8, 4) is 0 Å². The first-order chi connectivity index (χ1) is 22.8. The molecule has 6 heterocycles. The van der Waals surface area contributed by atoms with Gasteiger partial charge in [0.2, 0.25) is 35.7 Å². The van der Waals surface area contributed by atoms with Gasteiger partial charge in [-0.2, -0.15) is 40.1 Å². The molecule has 242 valence electrons. The molecule has 7 rings (SSSR count). The number of rotatable bonds is 10. The van der Waals surface area contributed by atoms with E-state index in [1.165, 1.54) is 0 Å². The van der Waals surface area contributed by atoms with Gasteiger partial charge in [0.15, 0.2) is 0 Å². The standard InChI is InChI=1S/C30H40N14O2/c1-2-10-41(9-1)27-33-25(35-29(37-27)43-13-17-45-18-14-43)39-31-21-23-5-7-24(8-6-23)22-32-40-26-34-28(42-11-3-4-12-42)38-30(36-26)44-15-19-46-20-16-44/h5-8,21-22H,1-4,9-20H2,(H,33,35,37,39)(H,34,36,38,40)/b31-21+,32-22+. The van der Waals surface area contributed by atoms with Gasteiger partial charge in [-0.1, -0.05) is 24.3 Å². The van der Waals surface area contributed by atoms with E-state index in [0.717, 1.165) is 89.2 Å². The quantitative estimate of drug-likeness (QED) is 0.247. The SMILES string of the molecule is C(=N\Nc1nc(N2CCCC2)nc(N2CCOCC2)n1)/c1ccc(/C=N/Nc2nc(N3CCCC3)nc(N3CCOCC3)n2)cc1. The van der Waals surface area contributed by atoms with E-state index in [2.05, 4.69) is 60.6 Å². The zero-order valence-corrected chi connectivity index (χ0v) is 26.0. The summed E-state index contributed by atoms with van der Waals surface area (Å²) in [5.41, 5.74) is 7.86. The summed E-state index contributed by atoms with van der Waals surface area (Å²) in [5, 5.41) is 8.82. The van der Waals surface area contributed by atoms with Gasteiger partial charge in [0.25, 0.3) is 0 Å². The Morgan fingerprint density at radius 3 is 1.15 bits per heavy atom. The molecule has 16 nitrogen and oxygen atoms in total. The zero-order chi connectivity index (χ0) is 31.0. The number of nitrogens with one attached hydrogen (secondary N) is 2. The number of anilines is 6. The van der Waals surface area contributed by atoms with Crippen molar-refractivity contribution in [2.45, 2.75) is 25.7 Å². The van der Waals surface area contributed by atoms with Crippen LogP contribution in [-0.4, -0.2) is 121 Å². The second kappa shape index (κ2) is 14.6. The Kier molecular flexibility index (Phi) is 9.51. The van der Waals surface area contributed by atoms with Crippen LogP contribution in [0.5, 0.6) is 0 Å². The van der Waals surface area contributed by atoms with E-state index in [-0.39, 0.29) is 0 Å². The van der Waals surface area contributed by atoms with Crippen molar-refractivity contribution < 1.29 is 9.47 Å². The highest BCUT2D eigenvalue weighted by Crippen LogP contribution is 2.22. The molecule has 0 saturated carbocycles. The van der Waals surface area contributed by atoms with Crippen molar-refractivity contribution in [3.05, 3.63) is 35.4 Å². The fraction of sp³-hybridized carbons (Fsp3) is 0.533. The lowest BCUT2D eigenvalue weighted by Crippen LogP contribution is -2.38. The monoisotopic (exact) mass is 628 g/mol. The van der Waals surface area contributed by atoms with Gasteiger partial charge in [-0.15, -0.1) is 0 Å². The van der Waals surface area contributed by atoms with Crippen molar-refractivity contribution in [1.29, 1.82) is 0 Å². The molecule has 0 atom stereocenters. The summed E-state index contributed by atoms with van der Waals surface area (Å²) in [6, 6.07) is 7.89. The molecule has 0 spiro atoms. The molecular weight excluding hydrogens is 588 g/mol. The molecule has 1 aromatic carbocycles. The van der Waals surface area contributed by atoms with Crippen molar-refractivity contribution in [1.82, 2.24) is 29.9 Å². The molecule has 0 unspecified atom stereocenters. The van der Waals surface area contributed by atoms with Crippen molar-refractivity contribution in [2.75, 3.05) is 109 Å². The van der Waals surface area contributed by atoms with Crippen LogP contribution in [0.1, 0.15) is 36.8 Å². The minimum absolute atomic E-state index is 0.424. The number of hydrazone groups is 2. The minimum atomic E-state index is 0.424. The van der Waals surface area contributed by atoms with E-state index >= 15 is 0 Å². The van der Waals surface area contributed by atoms with Gasteiger partial charge in [-0.3, -0.25) is 0 Å². The van der Waals surface area contributed by atoms with Crippen LogP contribution < -0.4 is 30.5 Å². The molecule has 2 aromatic heterocycles. The number of ether oxygens (including phenoxy) is 2. The van der Waals surface area contributed by atoms with E-state index in [1.807, 2.05) is 24.3 Å². The van der Waals surface area contributed by atoms with Crippen LogP contribution in [0.3, 0.4) is 0 Å². The molecule has 0 amide bonds. The summed E-state index contributed by atoms with van der Waals surface area (Å²) in [4.78, 5) is 36.7. The molecule has 46 heavy (non-hydrogen) atoms. The maximum absolute atomic E-state index is 5.50.